The first kappa shape index (κ1) is 24.2. The van der Waals surface area contributed by atoms with Gasteiger partial charge >= 0.3 is 0 Å². The zero-order valence-electron chi connectivity index (χ0n) is 19.2. The number of nitrogens with one attached hydrogen (secondary N) is 2. The molecule has 2 atom stereocenters. The van der Waals surface area contributed by atoms with Crippen molar-refractivity contribution in [3.8, 4) is 0 Å². The zero-order chi connectivity index (χ0) is 23.1. The van der Waals surface area contributed by atoms with Crippen LogP contribution in [0.3, 0.4) is 0 Å². The van der Waals surface area contributed by atoms with Gasteiger partial charge in [0.1, 0.15) is 6.61 Å². The molecule has 3 rings (SSSR count). The second-order valence-corrected chi connectivity index (χ2v) is 9.08. The van der Waals surface area contributed by atoms with Gasteiger partial charge in [0.05, 0.1) is 12.0 Å². The van der Waals surface area contributed by atoms with E-state index in [1.807, 2.05) is 11.8 Å². The Morgan fingerprint density at radius 1 is 1.16 bits per heavy atom. The third kappa shape index (κ3) is 5.88. The lowest BCUT2D eigenvalue weighted by atomic mass is 9.74. The fourth-order valence-electron chi connectivity index (χ4n) is 4.93. The lowest BCUT2D eigenvalue weighted by Gasteiger charge is -2.41. The Bertz CT molecular complexity index is 745. The molecule has 3 aliphatic rings. The molecule has 0 radical (unpaired) electrons. The summed E-state index contributed by atoms with van der Waals surface area (Å²) in [7, 11) is 0. The topological polar surface area (TPSA) is 108 Å². The average molecular weight is 449 g/mol. The third-order valence-electron chi connectivity index (χ3n) is 7.03. The lowest BCUT2D eigenvalue weighted by molar-refractivity contribution is -0.140. The highest BCUT2D eigenvalue weighted by molar-refractivity contribution is 5.88. The van der Waals surface area contributed by atoms with E-state index in [0.29, 0.717) is 58.5 Å². The summed E-state index contributed by atoms with van der Waals surface area (Å²) < 4.78 is 5.27. The van der Waals surface area contributed by atoms with E-state index in [1.165, 1.54) is 0 Å². The smallest absolute Gasteiger partial charge is 0.248 e. The highest BCUT2D eigenvalue weighted by atomic mass is 16.5. The number of fused-ring (bicyclic) bond motifs is 1. The van der Waals surface area contributed by atoms with Crippen molar-refractivity contribution in [1.29, 1.82) is 0 Å². The zero-order valence-corrected chi connectivity index (χ0v) is 19.2. The van der Waals surface area contributed by atoms with Gasteiger partial charge in [0.15, 0.2) is 0 Å². The summed E-state index contributed by atoms with van der Waals surface area (Å²) in [5, 5.41) is 5.89. The van der Waals surface area contributed by atoms with Crippen LogP contribution in [0.5, 0.6) is 0 Å². The summed E-state index contributed by atoms with van der Waals surface area (Å²) >= 11 is 0. The van der Waals surface area contributed by atoms with Crippen molar-refractivity contribution in [2.24, 2.45) is 11.3 Å². The molecular formula is C23H36N4O5. The summed E-state index contributed by atoms with van der Waals surface area (Å²) in [6.07, 6.45) is 7.28. The van der Waals surface area contributed by atoms with Crippen LogP contribution in [0.2, 0.25) is 0 Å². The minimum atomic E-state index is -0.604. The molecule has 9 heteroatoms. The first-order valence-corrected chi connectivity index (χ1v) is 11.7. The van der Waals surface area contributed by atoms with Gasteiger partial charge in [0, 0.05) is 51.7 Å². The van der Waals surface area contributed by atoms with Crippen molar-refractivity contribution in [2.75, 3.05) is 45.9 Å². The SMILES string of the molecule is CCOCC(=O)N1CC[C@H]2NC(=O)CNC(=O)C3(C/C=C/C[C@H]2C1)CCN(C(C)=O)CC3. The first-order valence-electron chi connectivity index (χ1n) is 11.7. The van der Waals surface area contributed by atoms with Gasteiger partial charge in [-0.1, -0.05) is 12.2 Å². The van der Waals surface area contributed by atoms with Crippen LogP contribution in [-0.4, -0.2) is 85.4 Å². The van der Waals surface area contributed by atoms with Gasteiger partial charge in [-0.25, -0.2) is 0 Å². The third-order valence-corrected chi connectivity index (χ3v) is 7.03. The van der Waals surface area contributed by atoms with Crippen molar-refractivity contribution in [3.63, 3.8) is 0 Å². The van der Waals surface area contributed by atoms with E-state index in [4.69, 9.17) is 4.74 Å². The number of nitrogens with zero attached hydrogens (tertiary/aromatic N) is 2. The average Bonchev–Trinajstić information content (AvgIpc) is 2.79. The van der Waals surface area contributed by atoms with Crippen LogP contribution in [0.15, 0.2) is 12.2 Å². The maximum atomic E-state index is 13.0. The summed E-state index contributed by atoms with van der Waals surface area (Å²) in [5.41, 5.74) is -0.604. The number of carbonyl (C=O) groups is 4. The molecule has 4 amide bonds. The molecule has 0 unspecified atom stereocenters. The largest absolute Gasteiger partial charge is 0.372 e. The van der Waals surface area contributed by atoms with E-state index < -0.39 is 5.41 Å². The molecule has 0 aliphatic carbocycles. The Labute approximate surface area is 189 Å². The second-order valence-electron chi connectivity index (χ2n) is 9.08. The molecule has 3 heterocycles. The second kappa shape index (κ2) is 10.9. The summed E-state index contributed by atoms with van der Waals surface area (Å²) in [5.74, 6) is -0.206. The Kier molecular flexibility index (Phi) is 8.28. The standard InChI is InChI=1S/C23H36N4O5/c1-3-32-16-21(30)27-11-7-19-18(15-27)6-4-5-8-23(22(31)24-14-20(29)25-19)9-12-26(13-10-23)17(2)28/h4-5,18-19H,3,6-16H2,1-2H3,(H,24,31)(H,25,29)/b5-4+/t18-,19+/m0/s1. The number of rotatable bonds is 3. The lowest BCUT2D eigenvalue weighted by Crippen LogP contribution is -2.55. The van der Waals surface area contributed by atoms with Crippen LogP contribution in [-0.2, 0) is 23.9 Å². The van der Waals surface area contributed by atoms with Crippen LogP contribution in [0.4, 0.5) is 0 Å². The van der Waals surface area contributed by atoms with E-state index in [2.05, 4.69) is 22.8 Å². The van der Waals surface area contributed by atoms with Gasteiger partial charge in [0.25, 0.3) is 0 Å². The van der Waals surface area contributed by atoms with Crippen molar-refractivity contribution in [3.05, 3.63) is 12.2 Å². The molecular weight excluding hydrogens is 412 g/mol. The Morgan fingerprint density at radius 2 is 1.91 bits per heavy atom. The molecule has 1 spiro atoms. The van der Waals surface area contributed by atoms with Gasteiger partial charge in [-0.2, -0.15) is 0 Å². The molecule has 9 nitrogen and oxygen atoms in total. The van der Waals surface area contributed by atoms with E-state index in [-0.39, 0.29) is 48.7 Å². The summed E-state index contributed by atoms with van der Waals surface area (Å²) in [4.78, 5) is 53.3. The predicted molar refractivity (Wildman–Crippen MR) is 118 cm³/mol. The normalized spacial score (nSPS) is 27.4. The van der Waals surface area contributed by atoms with E-state index in [1.54, 1.807) is 11.8 Å². The minimum absolute atomic E-state index is 0.0184. The van der Waals surface area contributed by atoms with Crippen LogP contribution in [0.25, 0.3) is 0 Å². The molecule has 0 saturated carbocycles. The molecule has 2 N–H and O–H groups in total. The molecule has 2 saturated heterocycles. The fourth-order valence-corrected chi connectivity index (χ4v) is 4.93. The number of amides is 4. The molecule has 0 aromatic heterocycles. The predicted octanol–water partition coefficient (Wildman–Crippen LogP) is 0.451. The number of piperidine rings is 2. The minimum Gasteiger partial charge on any atom is -0.372 e. The molecule has 178 valence electrons. The molecule has 3 aliphatic heterocycles. The van der Waals surface area contributed by atoms with Gasteiger partial charge in [-0.15, -0.1) is 0 Å². The molecule has 32 heavy (non-hydrogen) atoms. The van der Waals surface area contributed by atoms with Crippen molar-refractivity contribution in [1.82, 2.24) is 20.4 Å². The highest BCUT2D eigenvalue weighted by Gasteiger charge is 2.41. The molecule has 0 aromatic carbocycles. The van der Waals surface area contributed by atoms with E-state index in [9.17, 15) is 19.2 Å². The molecule has 0 bridgehead atoms. The fraction of sp³-hybridized carbons (Fsp3) is 0.739. The number of ether oxygens (including phenoxy) is 1. The van der Waals surface area contributed by atoms with Crippen molar-refractivity contribution >= 4 is 23.6 Å². The number of carbonyl (C=O) groups excluding carboxylic acids is 4. The Morgan fingerprint density at radius 3 is 2.59 bits per heavy atom. The number of hydrogen-bond acceptors (Lipinski definition) is 5. The maximum Gasteiger partial charge on any atom is 0.248 e. The van der Waals surface area contributed by atoms with Crippen LogP contribution < -0.4 is 10.6 Å². The van der Waals surface area contributed by atoms with Gasteiger partial charge < -0.3 is 25.2 Å². The Balaban J connectivity index is 1.70. The van der Waals surface area contributed by atoms with Crippen molar-refractivity contribution < 1.29 is 23.9 Å². The monoisotopic (exact) mass is 448 g/mol. The molecule has 2 fully saturated rings. The van der Waals surface area contributed by atoms with E-state index in [0.717, 1.165) is 6.42 Å². The highest BCUT2D eigenvalue weighted by Crippen LogP contribution is 2.36. The molecule has 0 aromatic rings. The van der Waals surface area contributed by atoms with Crippen molar-refractivity contribution in [2.45, 2.75) is 52.0 Å². The van der Waals surface area contributed by atoms with Crippen LogP contribution in [0.1, 0.15) is 46.0 Å². The van der Waals surface area contributed by atoms with Gasteiger partial charge in [0.2, 0.25) is 23.6 Å². The summed E-state index contributed by atoms with van der Waals surface area (Å²) in [6.45, 7) is 6.19. The van der Waals surface area contributed by atoms with Crippen LogP contribution in [0, 0.1) is 11.3 Å². The number of hydrogen-bond donors (Lipinski definition) is 2. The van der Waals surface area contributed by atoms with Gasteiger partial charge in [-0.05, 0) is 39.0 Å². The Hall–Kier alpha value is -2.42. The number of likely N-dealkylation sites (tertiary alicyclic amines) is 2. The van der Waals surface area contributed by atoms with Crippen LogP contribution >= 0.6 is 0 Å². The quantitative estimate of drug-likeness (QED) is 0.610. The maximum absolute atomic E-state index is 13.0. The number of allylic oxidation sites excluding steroid dienone is 2. The van der Waals surface area contributed by atoms with Gasteiger partial charge in [-0.3, -0.25) is 19.2 Å². The first-order chi connectivity index (χ1) is 15.3. The van der Waals surface area contributed by atoms with E-state index >= 15 is 0 Å². The summed E-state index contributed by atoms with van der Waals surface area (Å²) in [6, 6.07) is -0.0348.